The molecule has 35 heavy (non-hydrogen) atoms. The number of amides is 3. The molecule has 3 rings (SSSR count). The molecule has 3 amide bonds. The van der Waals surface area contributed by atoms with Gasteiger partial charge in [0.05, 0.1) is 11.3 Å². The van der Waals surface area contributed by atoms with Gasteiger partial charge in [0.1, 0.15) is 0 Å². The molecular formula is C27H50N4O4. The van der Waals surface area contributed by atoms with Crippen molar-refractivity contribution >= 4 is 17.7 Å². The quantitative estimate of drug-likeness (QED) is 0.175. The lowest BCUT2D eigenvalue weighted by molar-refractivity contribution is -0.140. The van der Waals surface area contributed by atoms with E-state index in [1.165, 1.54) is 4.90 Å². The fraction of sp³-hybridized carbons (Fsp3) is 0.889. The van der Waals surface area contributed by atoms with E-state index in [1.807, 2.05) is 39.5 Å². The van der Waals surface area contributed by atoms with E-state index in [0.29, 0.717) is 37.8 Å². The molecule has 1 aliphatic carbocycles. The Hall–Kier alpha value is -1.99. The van der Waals surface area contributed by atoms with E-state index in [9.17, 15) is 19.3 Å². The van der Waals surface area contributed by atoms with Crippen LogP contribution in [-0.2, 0) is 14.4 Å². The van der Waals surface area contributed by atoms with E-state index in [1.54, 1.807) is 5.01 Å². The second-order valence-electron chi connectivity index (χ2n) is 9.91. The monoisotopic (exact) mass is 494 g/mol. The van der Waals surface area contributed by atoms with Gasteiger partial charge in [-0.05, 0) is 56.8 Å². The molecule has 202 valence electrons. The number of hydrogen-bond acceptors (Lipinski definition) is 5. The Labute approximate surface area is 213 Å². The molecule has 0 N–H and O–H groups in total. The van der Waals surface area contributed by atoms with E-state index in [-0.39, 0.29) is 29.7 Å². The normalized spacial score (nSPS) is 26.0. The summed E-state index contributed by atoms with van der Waals surface area (Å²) in [6.45, 7) is 14.9. The second kappa shape index (κ2) is 16.6. The van der Waals surface area contributed by atoms with Crippen molar-refractivity contribution in [2.24, 2.45) is 23.0 Å². The number of hydrogen-bond donors (Lipinski definition) is 0. The Morgan fingerprint density at radius 3 is 2.14 bits per heavy atom. The Balaban J connectivity index is 0.00000145. The smallest absolute Gasteiger partial charge is 0.232 e. The van der Waals surface area contributed by atoms with E-state index >= 15 is 0 Å². The highest BCUT2D eigenvalue weighted by atomic mass is 16.3. The molecule has 0 aromatic rings. The molecule has 0 radical (unpaired) electrons. The lowest BCUT2D eigenvalue weighted by Gasteiger charge is -2.34. The predicted octanol–water partition coefficient (Wildman–Crippen LogP) is 5.40. The molecular weight excluding hydrogens is 444 g/mol. The summed E-state index contributed by atoms with van der Waals surface area (Å²) in [6, 6.07) is 0.144. The zero-order chi connectivity index (χ0) is 26.4. The van der Waals surface area contributed by atoms with Gasteiger partial charge in [0.2, 0.25) is 17.7 Å². The summed E-state index contributed by atoms with van der Waals surface area (Å²) in [6.07, 6.45) is 8.24. The third kappa shape index (κ3) is 9.53. The molecule has 2 atom stereocenters. The molecule has 1 saturated carbocycles. The Kier molecular flexibility index (Phi) is 14.8. The number of unbranched alkanes of at least 4 members (excludes halogenated alkanes) is 2. The van der Waals surface area contributed by atoms with Crippen LogP contribution in [0.5, 0.6) is 0 Å². The maximum atomic E-state index is 12.2. The number of nitroso groups, excluding NO2 is 1. The van der Waals surface area contributed by atoms with Crippen molar-refractivity contribution in [2.75, 3.05) is 26.2 Å². The lowest BCUT2D eigenvalue weighted by Crippen LogP contribution is -2.39. The summed E-state index contributed by atoms with van der Waals surface area (Å²) < 4.78 is 0. The molecule has 2 heterocycles. The Bertz CT molecular complexity index is 664. The topological polar surface area (TPSA) is 90.4 Å². The minimum absolute atomic E-state index is 0.0407. The Morgan fingerprint density at radius 2 is 1.63 bits per heavy atom. The third-order valence-corrected chi connectivity index (χ3v) is 7.31. The average Bonchev–Trinajstić information content (AvgIpc) is 3.42. The molecule has 8 heteroatoms. The maximum absolute atomic E-state index is 12.2. The fourth-order valence-corrected chi connectivity index (χ4v) is 5.26. The Morgan fingerprint density at radius 1 is 0.971 bits per heavy atom. The van der Waals surface area contributed by atoms with Crippen LogP contribution in [0, 0.1) is 22.7 Å². The number of carbonyl (C=O) groups excluding carboxylic acids is 3. The van der Waals surface area contributed by atoms with Crippen molar-refractivity contribution in [3.63, 3.8) is 0 Å². The molecule has 8 nitrogen and oxygen atoms in total. The SMILES string of the molecule is CC.CC.CC1CCN(C(=O)CCCCCN(N=O)C2CCC(CN3C(=O)CC(C)C3=O)CC2)C1. The van der Waals surface area contributed by atoms with Crippen LogP contribution in [0.25, 0.3) is 0 Å². The first-order valence-corrected chi connectivity index (χ1v) is 14.1. The van der Waals surface area contributed by atoms with Crippen molar-refractivity contribution in [1.29, 1.82) is 0 Å². The summed E-state index contributed by atoms with van der Waals surface area (Å²) in [7, 11) is 0. The first kappa shape index (κ1) is 31.0. The van der Waals surface area contributed by atoms with Crippen LogP contribution in [0.3, 0.4) is 0 Å². The van der Waals surface area contributed by atoms with Crippen LogP contribution in [0.15, 0.2) is 5.29 Å². The van der Waals surface area contributed by atoms with Gasteiger partial charge in [-0.25, -0.2) is 0 Å². The van der Waals surface area contributed by atoms with Crippen molar-refractivity contribution < 1.29 is 14.4 Å². The molecule has 3 fully saturated rings. The minimum Gasteiger partial charge on any atom is -0.342 e. The van der Waals surface area contributed by atoms with E-state index in [2.05, 4.69) is 12.2 Å². The van der Waals surface area contributed by atoms with Gasteiger partial charge in [-0.1, -0.05) is 48.0 Å². The molecule has 0 aromatic carbocycles. The number of likely N-dealkylation sites (tertiary alicyclic amines) is 2. The molecule has 0 bridgehead atoms. The van der Waals surface area contributed by atoms with Crippen LogP contribution in [-0.4, -0.2) is 64.8 Å². The second-order valence-corrected chi connectivity index (χ2v) is 9.91. The van der Waals surface area contributed by atoms with Crippen LogP contribution in [0.1, 0.15) is 106 Å². The first-order chi connectivity index (χ1) is 16.9. The highest BCUT2D eigenvalue weighted by molar-refractivity contribution is 6.03. The summed E-state index contributed by atoms with van der Waals surface area (Å²) in [5.41, 5.74) is 0. The van der Waals surface area contributed by atoms with Gasteiger partial charge in [-0.15, -0.1) is 4.91 Å². The van der Waals surface area contributed by atoms with Gasteiger partial charge in [0, 0.05) is 44.9 Å². The summed E-state index contributed by atoms with van der Waals surface area (Å²) >= 11 is 0. The van der Waals surface area contributed by atoms with Crippen molar-refractivity contribution in [3.8, 4) is 0 Å². The molecule has 3 aliphatic rings. The van der Waals surface area contributed by atoms with E-state index < -0.39 is 0 Å². The largest absolute Gasteiger partial charge is 0.342 e. The standard InChI is InChI=1S/C23H38N4O4.2C2H6/c1-17-11-13-25(15-17)21(28)6-4-3-5-12-27(24-31)20-9-7-19(8-10-20)16-26-22(29)14-18(2)23(26)30;2*1-2/h17-20H,3-16H2,1-2H3;2*1-2H3. The maximum Gasteiger partial charge on any atom is 0.232 e. The van der Waals surface area contributed by atoms with Gasteiger partial charge in [-0.3, -0.25) is 24.3 Å². The van der Waals surface area contributed by atoms with Gasteiger partial charge >= 0.3 is 0 Å². The zero-order valence-corrected chi connectivity index (χ0v) is 23.1. The van der Waals surface area contributed by atoms with Crippen LogP contribution in [0.4, 0.5) is 0 Å². The fourth-order valence-electron chi connectivity index (χ4n) is 5.26. The minimum atomic E-state index is -0.187. The van der Waals surface area contributed by atoms with Gasteiger partial charge in [-0.2, -0.15) is 0 Å². The van der Waals surface area contributed by atoms with Gasteiger partial charge < -0.3 is 4.90 Å². The summed E-state index contributed by atoms with van der Waals surface area (Å²) in [5.74, 6) is 0.924. The molecule has 0 aromatic heterocycles. The molecule has 0 spiro atoms. The van der Waals surface area contributed by atoms with Crippen LogP contribution < -0.4 is 0 Å². The van der Waals surface area contributed by atoms with Crippen molar-refractivity contribution in [2.45, 2.75) is 112 Å². The molecule has 2 saturated heterocycles. The van der Waals surface area contributed by atoms with Gasteiger partial charge in [0.25, 0.3) is 0 Å². The number of nitrogens with zero attached hydrogens (tertiary/aromatic N) is 4. The molecule has 2 aliphatic heterocycles. The number of rotatable bonds is 10. The number of carbonyl (C=O) groups is 3. The van der Waals surface area contributed by atoms with Crippen LogP contribution in [0.2, 0.25) is 0 Å². The van der Waals surface area contributed by atoms with Crippen molar-refractivity contribution in [1.82, 2.24) is 14.8 Å². The summed E-state index contributed by atoms with van der Waals surface area (Å²) in [4.78, 5) is 51.1. The highest BCUT2D eigenvalue weighted by Gasteiger charge is 2.37. The lowest BCUT2D eigenvalue weighted by atomic mass is 9.85. The summed E-state index contributed by atoms with van der Waals surface area (Å²) in [5, 5.41) is 4.94. The third-order valence-electron chi connectivity index (χ3n) is 7.31. The van der Waals surface area contributed by atoms with Gasteiger partial charge in [0.15, 0.2) is 0 Å². The highest BCUT2D eigenvalue weighted by Crippen LogP contribution is 2.30. The van der Waals surface area contributed by atoms with Crippen molar-refractivity contribution in [3.05, 3.63) is 4.91 Å². The first-order valence-electron chi connectivity index (χ1n) is 14.1. The average molecular weight is 495 g/mol. The van der Waals surface area contributed by atoms with Crippen LogP contribution >= 0.6 is 0 Å². The van der Waals surface area contributed by atoms with E-state index in [0.717, 1.165) is 64.5 Å². The van der Waals surface area contributed by atoms with E-state index in [4.69, 9.17) is 0 Å². The number of imide groups is 1. The molecule has 2 unspecified atom stereocenters. The zero-order valence-electron chi connectivity index (χ0n) is 23.1. The predicted molar refractivity (Wildman–Crippen MR) is 140 cm³/mol.